The largest absolute Gasteiger partial charge is 0.481 e. The SMILES string of the molecule is CCCCCCCC/C=C/C/C=C\C/C=C\CCCCCC(=O)O. The van der Waals surface area contributed by atoms with Gasteiger partial charge in [-0.05, 0) is 44.9 Å². The summed E-state index contributed by atoms with van der Waals surface area (Å²) in [6, 6.07) is 0. The number of carboxylic acids is 1. The predicted octanol–water partition coefficient (Wildman–Crippen LogP) is 7.22. The molecular weight excluding hydrogens is 296 g/mol. The van der Waals surface area contributed by atoms with Crippen molar-refractivity contribution < 1.29 is 9.90 Å². The van der Waals surface area contributed by atoms with Crippen LogP contribution in [0.5, 0.6) is 0 Å². The average Bonchev–Trinajstić information content (AvgIpc) is 2.56. The summed E-state index contributed by atoms with van der Waals surface area (Å²) in [6.45, 7) is 2.26. The zero-order valence-corrected chi connectivity index (χ0v) is 15.7. The highest BCUT2D eigenvalue weighted by Crippen LogP contribution is 2.07. The van der Waals surface area contributed by atoms with E-state index in [4.69, 9.17) is 5.11 Å². The minimum absolute atomic E-state index is 0.304. The van der Waals surface area contributed by atoms with Gasteiger partial charge in [0.2, 0.25) is 0 Å². The molecule has 2 nitrogen and oxygen atoms in total. The minimum atomic E-state index is -0.684. The Morgan fingerprint density at radius 2 is 1.12 bits per heavy atom. The normalized spacial score (nSPS) is 12.0. The molecule has 0 saturated carbocycles. The predicted molar refractivity (Wildman–Crippen MR) is 105 cm³/mol. The van der Waals surface area contributed by atoms with Crippen LogP contribution in [-0.2, 0) is 4.79 Å². The fourth-order valence-corrected chi connectivity index (χ4v) is 2.54. The summed E-state index contributed by atoms with van der Waals surface area (Å²) in [5, 5.41) is 8.53. The molecule has 0 aromatic rings. The van der Waals surface area contributed by atoms with Crippen molar-refractivity contribution in [1.29, 1.82) is 0 Å². The summed E-state index contributed by atoms with van der Waals surface area (Å²) in [4.78, 5) is 10.4. The number of carbonyl (C=O) groups is 1. The van der Waals surface area contributed by atoms with Crippen molar-refractivity contribution in [2.75, 3.05) is 0 Å². The molecule has 0 saturated heterocycles. The first-order valence-electron chi connectivity index (χ1n) is 9.94. The molecule has 0 heterocycles. The summed E-state index contributed by atoms with van der Waals surface area (Å²) in [7, 11) is 0. The van der Waals surface area contributed by atoms with Gasteiger partial charge >= 0.3 is 5.97 Å². The standard InChI is InChI=1S/C22H38O2/c1-2-3-4-5-6-7-8-9-10-11-12-13-14-15-16-17-18-19-20-21-22(23)24/h9-10,12-13,15-16H,2-8,11,14,17-21H2,1H3,(H,23,24)/b10-9+,13-12-,16-15-. The van der Waals surface area contributed by atoms with Crippen molar-refractivity contribution in [3.8, 4) is 0 Å². The molecular formula is C22H38O2. The second-order valence-corrected chi connectivity index (χ2v) is 6.44. The maximum absolute atomic E-state index is 10.4. The highest BCUT2D eigenvalue weighted by Gasteiger charge is 1.94. The summed E-state index contributed by atoms with van der Waals surface area (Å²) in [5.74, 6) is -0.684. The van der Waals surface area contributed by atoms with Gasteiger partial charge in [-0.3, -0.25) is 4.79 Å². The molecule has 0 fully saturated rings. The lowest BCUT2D eigenvalue weighted by Gasteiger charge is -1.97. The molecule has 0 bridgehead atoms. The lowest BCUT2D eigenvalue weighted by molar-refractivity contribution is -0.137. The van der Waals surface area contributed by atoms with E-state index in [0.717, 1.165) is 38.5 Å². The van der Waals surface area contributed by atoms with Crippen LogP contribution in [0.3, 0.4) is 0 Å². The lowest BCUT2D eigenvalue weighted by Crippen LogP contribution is -1.93. The van der Waals surface area contributed by atoms with Crippen LogP contribution in [0.4, 0.5) is 0 Å². The first-order valence-corrected chi connectivity index (χ1v) is 9.94. The summed E-state index contributed by atoms with van der Waals surface area (Å²) < 4.78 is 0. The lowest BCUT2D eigenvalue weighted by atomic mass is 10.1. The van der Waals surface area contributed by atoms with Crippen molar-refractivity contribution in [1.82, 2.24) is 0 Å². The van der Waals surface area contributed by atoms with Crippen LogP contribution in [0.1, 0.15) is 96.8 Å². The van der Waals surface area contributed by atoms with Crippen LogP contribution in [-0.4, -0.2) is 11.1 Å². The van der Waals surface area contributed by atoms with Crippen LogP contribution in [0.25, 0.3) is 0 Å². The Bertz CT molecular complexity index is 353. The third-order valence-electron chi connectivity index (χ3n) is 4.03. The van der Waals surface area contributed by atoms with Gasteiger partial charge < -0.3 is 5.11 Å². The van der Waals surface area contributed by atoms with E-state index >= 15 is 0 Å². The van der Waals surface area contributed by atoms with E-state index in [9.17, 15) is 4.79 Å². The van der Waals surface area contributed by atoms with Gasteiger partial charge in [-0.2, -0.15) is 0 Å². The van der Waals surface area contributed by atoms with Gasteiger partial charge in [0.05, 0.1) is 0 Å². The van der Waals surface area contributed by atoms with Crippen molar-refractivity contribution in [3.63, 3.8) is 0 Å². The molecule has 0 aliphatic rings. The van der Waals surface area contributed by atoms with Gasteiger partial charge in [-0.25, -0.2) is 0 Å². The number of hydrogen-bond donors (Lipinski definition) is 1. The molecule has 0 aromatic carbocycles. The quantitative estimate of drug-likeness (QED) is 0.225. The second kappa shape index (κ2) is 19.7. The molecule has 0 unspecified atom stereocenters. The zero-order chi connectivity index (χ0) is 17.7. The Hall–Kier alpha value is -1.31. The van der Waals surface area contributed by atoms with E-state index in [1.54, 1.807) is 0 Å². The summed E-state index contributed by atoms with van der Waals surface area (Å²) in [5.41, 5.74) is 0. The Labute approximate surface area is 149 Å². The van der Waals surface area contributed by atoms with Gasteiger partial charge in [-0.15, -0.1) is 0 Å². The Kier molecular flexibility index (Phi) is 18.7. The molecule has 0 rings (SSSR count). The minimum Gasteiger partial charge on any atom is -0.481 e. The maximum atomic E-state index is 10.4. The first kappa shape index (κ1) is 22.7. The van der Waals surface area contributed by atoms with E-state index in [1.807, 2.05) is 0 Å². The Morgan fingerprint density at radius 3 is 1.67 bits per heavy atom. The van der Waals surface area contributed by atoms with Crippen molar-refractivity contribution in [2.45, 2.75) is 96.8 Å². The number of unbranched alkanes of at least 4 members (excludes halogenated alkanes) is 9. The number of allylic oxidation sites excluding steroid dienone is 6. The number of aliphatic carboxylic acids is 1. The number of rotatable bonds is 17. The van der Waals surface area contributed by atoms with E-state index < -0.39 is 5.97 Å². The average molecular weight is 335 g/mol. The summed E-state index contributed by atoms with van der Waals surface area (Å²) >= 11 is 0. The number of carboxylic acid groups (broad SMARTS) is 1. The van der Waals surface area contributed by atoms with Gasteiger partial charge in [0.25, 0.3) is 0 Å². The van der Waals surface area contributed by atoms with Crippen LogP contribution in [0, 0.1) is 0 Å². The van der Waals surface area contributed by atoms with Gasteiger partial charge in [0.1, 0.15) is 0 Å². The molecule has 0 atom stereocenters. The molecule has 0 spiro atoms. The fourth-order valence-electron chi connectivity index (χ4n) is 2.54. The molecule has 0 aliphatic heterocycles. The molecule has 138 valence electrons. The van der Waals surface area contributed by atoms with Gasteiger partial charge in [0, 0.05) is 6.42 Å². The molecule has 24 heavy (non-hydrogen) atoms. The third kappa shape index (κ3) is 20.7. The summed E-state index contributed by atoms with van der Waals surface area (Å²) in [6.07, 6.45) is 29.2. The fraction of sp³-hybridized carbons (Fsp3) is 0.682. The highest BCUT2D eigenvalue weighted by molar-refractivity contribution is 5.66. The van der Waals surface area contributed by atoms with Crippen LogP contribution < -0.4 is 0 Å². The van der Waals surface area contributed by atoms with E-state index in [1.165, 1.54) is 44.9 Å². The second-order valence-electron chi connectivity index (χ2n) is 6.44. The smallest absolute Gasteiger partial charge is 0.303 e. The van der Waals surface area contributed by atoms with E-state index in [2.05, 4.69) is 43.4 Å². The molecule has 0 aromatic heterocycles. The molecule has 2 heteroatoms. The van der Waals surface area contributed by atoms with Gasteiger partial charge in [-0.1, -0.05) is 81.9 Å². The molecule has 0 radical (unpaired) electrons. The molecule has 0 amide bonds. The van der Waals surface area contributed by atoms with E-state index in [-0.39, 0.29) is 0 Å². The van der Waals surface area contributed by atoms with Crippen LogP contribution in [0.15, 0.2) is 36.5 Å². The molecule has 1 N–H and O–H groups in total. The number of hydrogen-bond acceptors (Lipinski definition) is 1. The van der Waals surface area contributed by atoms with Gasteiger partial charge in [0.15, 0.2) is 0 Å². The topological polar surface area (TPSA) is 37.3 Å². The van der Waals surface area contributed by atoms with Crippen molar-refractivity contribution >= 4 is 5.97 Å². The molecule has 0 aliphatic carbocycles. The Balaban J connectivity index is 3.29. The maximum Gasteiger partial charge on any atom is 0.303 e. The van der Waals surface area contributed by atoms with Crippen molar-refractivity contribution in [2.24, 2.45) is 0 Å². The highest BCUT2D eigenvalue weighted by atomic mass is 16.4. The van der Waals surface area contributed by atoms with Crippen LogP contribution >= 0.6 is 0 Å². The monoisotopic (exact) mass is 334 g/mol. The van der Waals surface area contributed by atoms with Crippen LogP contribution in [0.2, 0.25) is 0 Å². The Morgan fingerprint density at radius 1 is 0.667 bits per heavy atom. The zero-order valence-electron chi connectivity index (χ0n) is 15.7. The van der Waals surface area contributed by atoms with E-state index in [0.29, 0.717) is 6.42 Å². The first-order chi connectivity index (χ1) is 11.8. The third-order valence-corrected chi connectivity index (χ3v) is 4.03. The van der Waals surface area contributed by atoms with Crippen molar-refractivity contribution in [3.05, 3.63) is 36.5 Å².